The van der Waals surface area contributed by atoms with E-state index >= 15 is 0 Å². The zero-order valence-corrected chi connectivity index (χ0v) is 13.3. The molecule has 2 rings (SSSR count). The molecule has 1 N–H and O–H groups in total. The van der Waals surface area contributed by atoms with Crippen molar-refractivity contribution in [1.82, 2.24) is 4.90 Å². The quantitative estimate of drug-likeness (QED) is 0.648. The Labute approximate surface area is 130 Å². The summed E-state index contributed by atoms with van der Waals surface area (Å²) in [6.45, 7) is 6.54. The lowest BCUT2D eigenvalue weighted by atomic mass is 10.0. The van der Waals surface area contributed by atoms with Gasteiger partial charge in [0.15, 0.2) is 5.78 Å². The van der Waals surface area contributed by atoms with E-state index < -0.39 is 5.41 Å². The molecule has 1 fully saturated rings. The average Bonchev–Trinajstić information content (AvgIpc) is 3.30. The number of amides is 2. The molecular weight excluding hydrogens is 280 g/mol. The number of benzene rings is 1. The highest BCUT2D eigenvalue weighted by Crippen LogP contribution is 2.48. The van der Waals surface area contributed by atoms with E-state index in [-0.39, 0.29) is 17.6 Å². The summed E-state index contributed by atoms with van der Waals surface area (Å²) >= 11 is 0. The molecule has 0 heterocycles. The molecule has 1 aromatic rings. The van der Waals surface area contributed by atoms with Gasteiger partial charge < -0.3 is 10.2 Å². The Morgan fingerprint density at radius 1 is 1.09 bits per heavy atom. The van der Waals surface area contributed by atoms with Gasteiger partial charge in [0, 0.05) is 24.3 Å². The van der Waals surface area contributed by atoms with Gasteiger partial charge in [-0.15, -0.1) is 0 Å². The van der Waals surface area contributed by atoms with E-state index in [0.717, 1.165) is 0 Å². The largest absolute Gasteiger partial charge is 0.342 e. The smallest absolute Gasteiger partial charge is 0.240 e. The van der Waals surface area contributed by atoms with Gasteiger partial charge in [-0.05, 0) is 57.9 Å². The molecule has 5 nitrogen and oxygen atoms in total. The minimum atomic E-state index is -0.898. The lowest BCUT2D eigenvalue weighted by Gasteiger charge is -2.24. The summed E-state index contributed by atoms with van der Waals surface area (Å²) < 4.78 is 0. The van der Waals surface area contributed by atoms with Gasteiger partial charge in [0.25, 0.3) is 0 Å². The number of hydrogen-bond donors (Lipinski definition) is 1. The van der Waals surface area contributed by atoms with Gasteiger partial charge in [0.05, 0.1) is 0 Å². The molecule has 0 radical (unpaired) electrons. The van der Waals surface area contributed by atoms with Crippen molar-refractivity contribution in [2.75, 3.05) is 18.4 Å². The highest BCUT2D eigenvalue weighted by atomic mass is 16.2. The van der Waals surface area contributed by atoms with Crippen molar-refractivity contribution in [2.24, 2.45) is 5.41 Å². The number of carbonyl (C=O) groups excluding carboxylic acids is 3. The van der Waals surface area contributed by atoms with Crippen LogP contribution in [-0.4, -0.2) is 35.6 Å². The summed E-state index contributed by atoms with van der Waals surface area (Å²) in [5.41, 5.74) is 0.303. The van der Waals surface area contributed by atoms with E-state index in [1.165, 1.54) is 6.92 Å². The van der Waals surface area contributed by atoms with Crippen LogP contribution in [0.5, 0.6) is 0 Å². The first-order chi connectivity index (χ1) is 10.4. The van der Waals surface area contributed by atoms with Gasteiger partial charge in [-0.25, -0.2) is 0 Å². The number of Topliss-reactive ketones (excluding diaryl/α,β-unsaturated/α-hetero) is 1. The third kappa shape index (κ3) is 3.03. The number of ketones is 1. The zero-order chi connectivity index (χ0) is 16.3. The van der Waals surface area contributed by atoms with Crippen LogP contribution in [0.3, 0.4) is 0 Å². The Morgan fingerprint density at radius 3 is 2.05 bits per heavy atom. The van der Waals surface area contributed by atoms with Crippen LogP contribution in [-0.2, 0) is 9.59 Å². The monoisotopic (exact) mass is 302 g/mol. The number of hydrogen-bond acceptors (Lipinski definition) is 3. The molecule has 0 bridgehead atoms. The molecule has 0 saturated heterocycles. The number of nitrogens with zero attached hydrogens (tertiary/aromatic N) is 1. The molecule has 0 spiro atoms. The Bertz CT molecular complexity index is 584. The maximum atomic E-state index is 12.5. The van der Waals surface area contributed by atoms with Crippen molar-refractivity contribution in [2.45, 2.75) is 33.6 Å². The second-order valence-electron chi connectivity index (χ2n) is 5.65. The van der Waals surface area contributed by atoms with Crippen LogP contribution in [0.25, 0.3) is 0 Å². The van der Waals surface area contributed by atoms with Gasteiger partial charge >= 0.3 is 0 Å². The fourth-order valence-electron chi connectivity index (χ4n) is 2.52. The van der Waals surface area contributed by atoms with Gasteiger partial charge in [-0.1, -0.05) is 0 Å². The van der Waals surface area contributed by atoms with E-state index in [9.17, 15) is 14.4 Å². The third-order valence-corrected chi connectivity index (χ3v) is 4.19. The van der Waals surface area contributed by atoms with Crippen molar-refractivity contribution in [3.63, 3.8) is 0 Å². The first-order valence-electron chi connectivity index (χ1n) is 7.66. The van der Waals surface area contributed by atoms with Crippen LogP contribution in [0, 0.1) is 5.41 Å². The SMILES string of the molecule is CCN(CC)C(=O)C1(C(=O)Nc2ccc(C(C)=O)cc2)CC1. The van der Waals surface area contributed by atoms with E-state index in [2.05, 4.69) is 5.32 Å². The average molecular weight is 302 g/mol. The normalized spacial score (nSPS) is 15.0. The first kappa shape index (κ1) is 16.2. The molecule has 0 unspecified atom stereocenters. The number of nitrogens with one attached hydrogen (secondary N) is 1. The predicted octanol–water partition coefficient (Wildman–Crippen LogP) is 2.48. The Hall–Kier alpha value is -2.17. The third-order valence-electron chi connectivity index (χ3n) is 4.19. The van der Waals surface area contributed by atoms with Crippen LogP contribution in [0.4, 0.5) is 5.69 Å². The fourth-order valence-corrected chi connectivity index (χ4v) is 2.52. The second-order valence-corrected chi connectivity index (χ2v) is 5.65. The summed E-state index contributed by atoms with van der Waals surface area (Å²) in [7, 11) is 0. The molecule has 1 aliphatic rings. The molecular formula is C17H22N2O3. The molecule has 1 aliphatic carbocycles. The molecule has 5 heteroatoms. The molecule has 0 aliphatic heterocycles. The Balaban J connectivity index is 2.08. The number of carbonyl (C=O) groups is 3. The highest BCUT2D eigenvalue weighted by molar-refractivity contribution is 6.13. The molecule has 118 valence electrons. The number of anilines is 1. The number of rotatable bonds is 6. The Morgan fingerprint density at radius 2 is 1.64 bits per heavy atom. The van der Waals surface area contributed by atoms with E-state index in [1.54, 1.807) is 29.2 Å². The van der Waals surface area contributed by atoms with E-state index in [4.69, 9.17) is 0 Å². The van der Waals surface area contributed by atoms with Crippen molar-refractivity contribution in [3.8, 4) is 0 Å². The zero-order valence-electron chi connectivity index (χ0n) is 13.3. The highest BCUT2D eigenvalue weighted by Gasteiger charge is 2.57. The first-order valence-corrected chi connectivity index (χ1v) is 7.66. The summed E-state index contributed by atoms with van der Waals surface area (Å²) in [6.07, 6.45) is 1.19. The second kappa shape index (κ2) is 6.30. The van der Waals surface area contributed by atoms with Gasteiger partial charge in [-0.2, -0.15) is 0 Å². The molecule has 0 aromatic heterocycles. The van der Waals surface area contributed by atoms with Gasteiger partial charge in [0.2, 0.25) is 11.8 Å². The maximum absolute atomic E-state index is 12.5. The fraction of sp³-hybridized carbons (Fsp3) is 0.471. The molecule has 2 amide bonds. The van der Waals surface area contributed by atoms with Gasteiger partial charge in [0.1, 0.15) is 5.41 Å². The summed E-state index contributed by atoms with van der Waals surface area (Å²) in [5.74, 6) is -0.358. The minimum absolute atomic E-state index is 0.0201. The van der Waals surface area contributed by atoms with Gasteiger partial charge in [-0.3, -0.25) is 14.4 Å². The molecule has 1 aromatic carbocycles. The van der Waals surface area contributed by atoms with Crippen molar-refractivity contribution in [1.29, 1.82) is 0 Å². The van der Waals surface area contributed by atoms with E-state index in [0.29, 0.717) is 37.2 Å². The lowest BCUT2D eigenvalue weighted by Crippen LogP contribution is -2.42. The summed E-state index contributed by atoms with van der Waals surface area (Å²) in [6, 6.07) is 6.71. The summed E-state index contributed by atoms with van der Waals surface area (Å²) in [5, 5.41) is 2.80. The minimum Gasteiger partial charge on any atom is -0.342 e. The van der Waals surface area contributed by atoms with E-state index in [1.807, 2.05) is 13.8 Å². The Kier molecular flexibility index (Phi) is 4.64. The standard InChI is InChI=1S/C17H22N2O3/c1-4-19(5-2)16(22)17(10-11-17)15(21)18-14-8-6-13(7-9-14)12(3)20/h6-9H,4-5,10-11H2,1-3H3,(H,18,21). The molecule has 22 heavy (non-hydrogen) atoms. The molecule has 1 saturated carbocycles. The lowest BCUT2D eigenvalue weighted by molar-refractivity contribution is -0.141. The van der Waals surface area contributed by atoms with Crippen molar-refractivity contribution >= 4 is 23.3 Å². The maximum Gasteiger partial charge on any atom is 0.240 e. The predicted molar refractivity (Wildman–Crippen MR) is 84.7 cm³/mol. The van der Waals surface area contributed by atoms with Crippen LogP contribution in [0.15, 0.2) is 24.3 Å². The molecule has 0 atom stereocenters. The van der Waals surface area contributed by atoms with Crippen LogP contribution in [0.2, 0.25) is 0 Å². The van der Waals surface area contributed by atoms with Crippen molar-refractivity contribution < 1.29 is 14.4 Å². The van der Waals surface area contributed by atoms with Crippen LogP contribution >= 0.6 is 0 Å². The van der Waals surface area contributed by atoms with Crippen LogP contribution in [0.1, 0.15) is 44.0 Å². The topological polar surface area (TPSA) is 66.5 Å². The van der Waals surface area contributed by atoms with Crippen molar-refractivity contribution in [3.05, 3.63) is 29.8 Å². The van der Waals surface area contributed by atoms with Crippen LogP contribution < -0.4 is 5.32 Å². The summed E-state index contributed by atoms with van der Waals surface area (Å²) in [4.78, 5) is 37.9.